The molecule has 0 saturated heterocycles. The quantitative estimate of drug-likeness (QED) is 0.699. The van der Waals surface area contributed by atoms with E-state index in [0.29, 0.717) is 19.8 Å². The summed E-state index contributed by atoms with van der Waals surface area (Å²) in [5, 5.41) is 12.4. The van der Waals surface area contributed by atoms with Gasteiger partial charge >= 0.3 is 5.97 Å². The molecule has 1 aliphatic rings. The molecule has 1 aromatic carbocycles. The average Bonchev–Trinajstić information content (AvgIpc) is 2.65. The van der Waals surface area contributed by atoms with Crippen molar-refractivity contribution in [2.45, 2.75) is 65.5 Å². The van der Waals surface area contributed by atoms with Gasteiger partial charge in [0, 0.05) is 13.2 Å². The molecule has 0 aliphatic heterocycles. The maximum Gasteiger partial charge on any atom is 0.304 e. The minimum Gasteiger partial charge on any atom is -0.481 e. The van der Waals surface area contributed by atoms with E-state index in [0.717, 1.165) is 36.8 Å². The second-order valence-electron chi connectivity index (χ2n) is 7.41. The number of carbonyl (C=O) groups is 2. The molecular weight excluding hydrogens is 330 g/mol. The number of carboxylic acids is 1. The van der Waals surface area contributed by atoms with Gasteiger partial charge in [0.25, 0.3) is 0 Å². The summed E-state index contributed by atoms with van der Waals surface area (Å²) in [6.45, 7) is 5.31. The summed E-state index contributed by atoms with van der Waals surface area (Å²) in [6, 6.07) is 7.86. The average molecular weight is 361 g/mol. The zero-order valence-corrected chi connectivity index (χ0v) is 15.9. The van der Waals surface area contributed by atoms with E-state index >= 15 is 0 Å². The lowest BCUT2D eigenvalue weighted by Gasteiger charge is -2.37. The van der Waals surface area contributed by atoms with Gasteiger partial charge in [-0.15, -0.1) is 0 Å². The molecule has 0 radical (unpaired) electrons. The Kier molecular flexibility index (Phi) is 7.64. The van der Waals surface area contributed by atoms with Crippen LogP contribution in [0.3, 0.4) is 0 Å². The van der Waals surface area contributed by atoms with Crippen molar-refractivity contribution in [1.82, 2.24) is 5.32 Å². The maximum absolute atomic E-state index is 13.0. The van der Waals surface area contributed by atoms with E-state index < -0.39 is 11.4 Å². The number of ether oxygens (including phenoxy) is 1. The summed E-state index contributed by atoms with van der Waals surface area (Å²) in [7, 11) is 0. The van der Waals surface area contributed by atoms with Crippen molar-refractivity contribution in [3.63, 3.8) is 0 Å². The normalized spacial score (nSPS) is 17.5. The van der Waals surface area contributed by atoms with Gasteiger partial charge in [0.05, 0.1) is 18.4 Å². The number of benzene rings is 1. The van der Waals surface area contributed by atoms with E-state index in [9.17, 15) is 14.7 Å². The SMILES string of the molecule is CCOCc1ccccc1CNC(=O)C(C)(CC(=O)O)C1CCCCC1. The van der Waals surface area contributed by atoms with Crippen LogP contribution in [0.2, 0.25) is 0 Å². The zero-order chi connectivity index (χ0) is 19.0. The van der Waals surface area contributed by atoms with Crippen molar-refractivity contribution in [3.05, 3.63) is 35.4 Å². The summed E-state index contributed by atoms with van der Waals surface area (Å²) in [5.41, 5.74) is 1.20. The minimum absolute atomic E-state index is 0.121. The van der Waals surface area contributed by atoms with E-state index in [2.05, 4.69) is 5.32 Å². The number of hydrogen-bond donors (Lipinski definition) is 2. The van der Waals surface area contributed by atoms with E-state index in [1.165, 1.54) is 6.42 Å². The Labute approximate surface area is 156 Å². The first-order chi connectivity index (χ1) is 12.5. The van der Waals surface area contributed by atoms with Crippen LogP contribution in [0.1, 0.15) is 63.5 Å². The van der Waals surface area contributed by atoms with Gasteiger partial charge in [0.1, 0.15) is 0 Å². The first-order valence-electron chi connectivity index (χ1n) is 9.62. The Morgan fingerprint density at radius 3 is 2.46 bits per heavy atom. The number of carboxylic acid groups (broad SMARTS) is 1. The molecule has 26 heavy (non-hydrogen) atoms. The van der Waals surface area contributed by atoms with Crippen LogP contribution in [0, 0.1) is 11.3 Å². The second kappa shape index (κ2) is 9.72. The lowest BCUT2D eigenvalue weighted by atomic mass is 9.67. The van der Waals surface area contributed by atoms with Crippen molar-refractivity contribution in [1.29, 1.82) is 0 Å². The Balaban J connectivity index is 2.08. The van der Waals surface area contributed by atoms with Crippen molar-refractivity contribution in [2.24, 2.45) is 11.3 Å². The maximum atomic E-state index is 13.0. The largest absolute Gasteiger partial charge is 0.481 e. The first-order valence-corrected chi connectivity index (χ1v) is 9.62. The third-order valence-corrected chi connectivity index (χ3v) is 5.56. The van der Waals surface area contributed by atoms with Gasteiger partial charge in [-0.05, 0) is 43.7 Å². The highest BCUT2D eigenvalue weighted by Gasteiger charge is 2.43. The third kappa shape index (κ3) is 5.31. The lowest BCUT2D eigenvalue weighted by Crippen LogP contribution is -2.45. The molecule has 1 amide bonds. The van der Waals surface area contributed by atoms with Crippen molar-refractivity contribution < 1.29 is 19.4 Å². The molecule has 2 N–H and O–H groups in total. The number of carbonyl (C=O) groups excluding carboxylic acids is 1. The number of nitrogens with one attached hydrogen (secondary N) is 1. The van der Waals surface area contributed by atoms with Crippen molar-refractivity contribution in [2.75, 3.05) is 6.61 Å². The van der Waals surface area contributed by atoms with Crippen LogP contribution in [-0.4, -0.2) is 23.6 Å². The fourth-order valence-electron chi connectivity index (χ4n) is 3.92. The van der Waals surface area contributed by atoms with Crippen LogP contribution in [-0.2, 0) is 27.5 Å². The summed E-state index contributed by atoms with van der Waals surface area (Å²) in [5.74, 6) is -0.936. The number of amides is 1. The van der Waals surface area contributed by atoms with Crippen LogP contribution in [0.15, 0.2) is 24.3 Å². The third-order valence-electron chi connectivity index (χ3n) is 5.56. The van der Waals surface area contributed by atoms with E-state index in [1.54, 1.807) is 0 Å². The monoisotopic (exact) mass is 361 g/mol. The molecular formula is C21H31NO4. The standard InChI is InChI=1S/C21H31NO4/c1-3-26-15-17-10-8-7-9-16(17)14-22-20(25)21(2,13-19(23)24)18-11-5-4-6-12-18/h7-10,18H,3-6,11-15H2,1-2H3,(H,22,25)(H,23,24). The number of aliphatic carboxylic acids is 1. The van der Waals surface area contributed by atoms with Gasteiger partial charge in [0.2, 0.25) is 5.91 Å². The van der Waals surface area contributed by atoms with Crippen LogP contribution < -0.4 is 5.32 Å². The van der Waals surface area contributed by atoms with Crippen LogP contribution in [0.25, 0.3) is 0 Å². The van der Waals surface area contributed by atoms with Crippen molar-refractivity contribution >= 4 is 11.9 Å². The molecule has 1 saturated carbocycles. The van der Waals surface area contributed by atoms with Crippen LogP contribution >= 0.6 is 0 Å². The highest BCUT2D eigenvalue weighted by atomic mass is 16.5. The predicted molar refractivity (Wildman–Crippen MR) is 101 cm³/mol. The molecule has 0 spiro atoms. The Morgan fingerprint density at radius 2 is 1.85 bits per heavy atom. The molecule has 5 nitrogen and oxygen atoms in total. The molecule has 1 atom stereocenters. The van der Waals surface area contributed by atoms with Gasteiger partial charge in [-0.1, -0.05) is 43.5 Å². The fraction of sp³-hybridized carbons (Fsp3) is 0.619. The Hall–Kier alpha value is -1.88. The molecule has 1 aromatic rings. The predicted octanol–water partition coefficient (Wildman–Crippen LogP) is 3.90. The second-order valence-corrected chi connectivity index (χ2v) is 7.41. The van der Waals surface area contributed by atoms with Gasteiger partial charge in [-0.25, -0.2) is 0 Å². The Morgan fingerprint density at radius 1 is 1.19 bits per heavy atom. The molecule has 0 bridgehead atoms. The number of rotatable bonds is 9. The smallest absolute Gasteiger partial charge is 0.304 e. The van der Waals surface area contributed by atoms with E-state index in [4.69, 9.17) is 4.74 Å². The van der Waals surface area contributed by atoms with Crippen LogP contribution in [0.5, 0.6) is 0 Å². The fourth-order valence-corrected chi connectivity index (χ4v) is 3.92. The molecule has 2 rings (SSSR count). The molecule has 144 valence electrons. The van der Waals surface area contributed by atoms with Crippen molar-refractivity contribution in [3.8, 4) is 0 Å². The molecule has 0 heterocycles. The summed E-state index contributed by atoms with van der Waals surface area (Å²) >= 11 is 0. The molecule has 5 heteroatoms. The van der Waals surface area contributed by atoms with E-state index in [1.807, 2.05) is 38.1 Å². The van der Waals surface area contributed by atoms with Crippen LogP contribution in [0.4, 0.5) is 0 Å². The van der Waals surface area contributed by atoms with E-state index in [-0.39, 0.29) is 18.2 Å². The first kappa shape index (κ1) is 20.4. The Bertz CT molecular complexity index is 610. The molecule has 0 aromatic heterocycles. The number of hydrogen-bond acceptors (Lipinski definition) is 3. The summed E-state index contributed by atoms with van der Waals surface area (Å²) in [6.07, 6.45) is 5.06. The summed E-state index contributed by atoms with van der Waals surface area (Å²) in [4.78, 5) is 24.4. The molecule has 1 fully saturated rings. The highest BCUT2D eigenvalue weighted by Crippen LogP contribution is 2.41. The van der Waals surface area contributed by atoms with Gasteiger partial charge in [0.15, 0.2) is 0 Å². The van der Waals surface area contributed by atoms with Gasteiger partial charge in [-0.2, -0.15) is 0 Å². The van der Waals surface area contributed by atoms with Gasteiger partial charge in [-0.3, -0.25) is 9.59 Å². The topological polar surface area (TPSA) is 75.6 Å². The van der Waals surface area contributed by atoms with Gasteiger partial charge < -0.3 is 15.2 Å². The minimum atomic E-state index is -0.912. The lowest BCUT2D eigenvalue weighted by molar-refractivity contribution is -0.148. The molecule has 1 unspecified atom stereocenters. The molecule has 1 aliphatic carbocycles. The highest BCUT2D eigenvalue weighted by molar-refractivity contribution is 5.86. The zero-order valence-electron chi connectivity index (χ0n) is 15.9. The summed E-state index contributed by atoms with van der Waals surface area (Å²) < 4.78 is 5.49.